The number of nitrogens with two attached hydrogens (primary N) is 1. The Morgan fingerprint density at radius 2 is 2.00 bits per heavy atom. The van der Waals surface area contributed by atoms with Crippen molar-refractivity contribution < 1.29 is 0 Å². The standard InChI is InChI=1S/C10H12ClN3/c1-7-6-10(12)13-14(7)9-4-2-8(11)3-5-9/h2-7,13H,12H2,1H3. The second-order valence-electron chi connectivity index (χ2n) is 3.32. The first-order valence-corrected chi connectivity index (χ1v) is 4.83. The van der Waals surface area contributed by atoms with Gasteiger partial charge in [0.2, 0.25) is 0 Å². The van der Waals surface area contributed by atoms with Crippen LogP contribution in [0, 0.1) is 0 Å². The lowest BCUT2D eigenvalue weighted by atomic mass is 10.2. The average Bonchev–Trinajstić information content (AvgIpc) is 2.47. The Bertz CT molecular complexity index is 358. The van der Waals surface area contributed by atoms with Gasteiger partial charge in [0.25, 0.3) is 0 Å². The summed E-state index contributed by atoms with van der Waals surface area (Å²) in [7, 11) is 0. The molecule has 1 aliphatic heterocycles. The van der Waals surface area contributed by atoms with Crippen LogP contribution in [0.1, 0.15) is 6.92 Å². The van der Waals surface area contributed by atoms with E-state index in [0.29, 0.717) is 5.82 Å². The average molecular weight is 210 g/mol. The Morgan fingerprint density at radius 1 is 1.36 bits per heavy atom. The summed E-state index contributed by atoms with van der Waals surface area (Å²) in [6.07, 6.45) is 1.97. The van der Waals surface area contributed by atoms with Gasteiger partial charge >= 0.3 is 0 Å². The summed E-state index contributed by atoms with van der Waals surface area (Å²) in [4.78, 5) is 0. The van der Waals surface area contributed by atoms with Gasteiger partial charge in [-0.1, -0.05) is 11.6 Å². The van der Waals surface area contributed by atoms with Crippen molar-refractivity contribution in [1.82, 2.24) is 5.43 Å². The normalized spacial score (nSPS) is 20.6. The largest absolute Gasteiger partial charge is 0.384 e. The quantitative estimate of drug-likeness (QED) is 0.742. The van der Waals surface area contributed by atoms with E-state index in [2.05, 4.69) is 12.3 Å². The Morgan fingerprint density at radius 3 is 2.50 bits per heavy atom. The van der Waals surface area contributed by atoms with Crippen molar-refractivity contribution >= 4 is 17.3 Å². The molecule has 3 N–H and O–H groups in total. The lowest BCUT2D eigenvalue weighted by Crippen LogP contribution is -2.38. The molecule has 0 aliphatic carbocycles. The van der Waals surface area contributed by atoms with Crippen molar-refractivity contribution in [2.75, 3.05) is 5.01 Å². The maximum Gasteiger partial charge on any atom is 0.113 e. The third kappa shape index (κ3) is 1.63. The number of hydrogen-bond donors (Lipinski definition) is 2. The molecule has 0 bridgehead atoms. The van der Waals surface area contributed by atoms with Crippen molar-refractivity contribution in [1.29, 1.82) is 0 Å². The molecule has 14 heavy (non-hydrogen) atoms. The number of anilines is 1. The van der Waals surface area contributed by atoms with Gasteiger partial charge in [0, 0.05) is 5.02 Å². The van der Waals surface area contributed by atoms with Gasteiger partial charge < -0.3 is 5.73 Å². The van der Waals surface area contributed by atoms with Gasteiger partial charge in [0.05, 0.1) is 11.7 Å². The van der Waals surface area contributed by atoms with Crippen LogP contribution in [-0.2, 0) is 0 Å². The van der Waals surface area contributed by atoms with E-state index in [1.165, 1.54) is 0 Å². The van der Waals surface area contributed by atoms with Crippen molar-refractivity contribution in [2.24, 2.45) is 5.73 Å². The highest BCUT2D eigenvalue weighted by Crippen LogP contribution is 2.21. The lowest BCUT2D eigenvalue weighted by molar-refractivity contribution is 0.709. The van der Waals surface area contributed by atoms with E-state index < -0.39 is 0 Å². The number of nitrogens with one attached hydrogen (secondary N) is 1. The van der Waals surface area contributed by atoms with Gasteiger partial charge in [-0.05, 0) is 37.3 Å². The molecular weight excluding hydrogens is 198 g/mol. The van der Waals surface area contributed by atoms with Crippen LogP contribution >= 0.6 is 11.6 Å². The van der Waals surface area contributed by atoms with Gasteiger partial charge in [-0.3, -0.25) is 10.4 Å². The summed E-state index contributed by atoms with van der Waals surface area (Å²) < 4.78 is 0. The molecule has 1 aromatic rings. The van der Waals surface area contributed by atoms with Gasteiger partial charge in [0.15, 0.2) is 0 Å². The second-order valence-corrected chi connectivity index (χ2v) is 3.76. The molecule has 0 saturated heterocycles. The van der Waals surface area contributed by atoms with E-state index >= 15 is 0 Å². The first-order valence-electron chi connectivity index (χ1n) is 4.45. The Hall–Kier alpha value is -1.35. The van der Waals surface area contributed by atoms with E-state index in [0.717, 1.165) is 10.7 Å². The maximum atomic E-state index is 5.81. The molecule has 0 spiro atoms. The molecule has 74 valence electrons. The molecule has 1 aliphatic rings. The van der Waals surface area contributed by atoms with E-state index in [9.17, 15) is 0 Å². The molecule has 1 atom stereocenters. The second kappa shape index (κ2) is 3.42. The van der Waals surface area contributed by atoms with Crippen molar-refractivity contribution in [3.8, 4) is 0 Å². The highest BCUT2D eigenvalue weighted by atomic mass is 35.5. The number of benzene rings is 1. The minimum Gasteiger partial charge on any atom is -0.384 e. The minimum absolute atomic E-state index is 0.260. The summed E-state index contributed by atoms with van der Waals surface area (Å²) in [6.45, 7) is 2.07. The van der Waals surface area contributed by atoms with Crippen molar-refractivity contribution in [3.63, 3.8) is 0 Å². The monoisotopic (exact) mass is 209 g/mol. The van der Waals surface area contributed by atoms with Gasteiger partial charge in [-0.25, -0.2) is 0 Å². The van der Waals surface area contributed by atoms with Gasteiger partial charge in [-0.2, -0.15) is 0 Å². The third-order valence-electron chi connectivity index (χ3n) is 2.18. The molecular formula is C10H12ClN3. The summed E-state index contributed by atoms with van der Waals surface area (Å²) in [5.41, 5.74) is 9.79. The van der Waals surface area contributed by atoms with E-state index in [-0.39, 0.29) is 6.04 Å². The predicted molar refractivity (Wildman–Crippen MR) is 58.8 cm³/mol. The van der Waals surface area contributed by atoms with E-state index in [1.807, 2.05) is 35.4 Å². The number of rotatable bonds is 1. The van der Waals surface area contributed by atoms with Crippen LogP contribution in [0.15, 0.2) is 36.2 Å². The van der Waals surface area contributed by atoms with Crippen LogP contribution in [0.25, 0.3) is 0 Å². The van der Waals surface area contributed by atoms with Crippen LogP contribution < -0.4 is 16.2 Å². The smallest absolute Gasteiger partial charge is 0.113 e. The molecule has 0 radical (unpaired) electrons. The van der Waals surface area contributed by atoms with E-state index in [1.54, 1.807) is 0 Å². The van der Waals surface area contributed by atoms with Gasteiger partial charge in [0.1, 0.15) is 5.82 Å². The first-order chi connectivity index (χ1) is 6.66. The highest BCUT2D eigenvalue weighted by Gasteiger charge is 2.18. The Labute approximate surface area is 88.1 Å². The number of hydrogen-bond acceptors (Lipinski definition) is 3. The first kappa shape index (κ1) is 9.21. The van der Waals surface area contributed by atoms with Crippen molar-refractivity contribution in [2.45, 2.75) is 13.0 Å². The molecule has 0 fully saturated rings. The fraction of sp³-hybridized carbons (Fsp3) is 0.200. The summed E-state index contributed by atoms with van der Waals surface area (Å²) in [5, 5.41) is 2.73. The molecule has 1 aromatic carbocycles. The zero-order chi connectivity index (χ0) is 10.1. The van der Waals surface area contributed by atoms with Crippen LogP contribution in [0.3, 0.4) is 0 Å². The maximum absolute atomic E-state index is 5.81. The molecule has 2 rings (SSSR count). The number of halogens is 1. The summed E-state index contributed by atoms with van der Waals surface area (Å²) >= 11 is 5.81. The highest BCUT2D eigenvalue weighted by molar-refractivity contribution is 6.30. The molecule has 4 heteroatoms. The van der Waals surface area contributed by atoms with Gasteiger partial charge in [-0.15, -0.1) is 0 Å². The molecule has 0 aromatic heterocycles. The molecule has 1 unspecified atom stereocenters. The van der Waals surface area contributed by atoms with Crippen LogP contribution in [0.5, 0.6) is 0 Å². The zero-order valence-corrected chi connectivity index (χ0v) is 8.62. The molecule has 0 amide bonds. The lowest BCUT2D eigenvalue weighted by Gasteiger charge is -2.24. The summed E-state index contributed by atoms with van der Waals surface area (Å²) in [5.74, 6) is 0.687. The van der Waals surface area contributed by atoms with Crippen LogP contribution in [-0.4, -0.2) is 6.04 Å². The third-order valence-corrected chi connectivity index (χ3v) is 2.43. The fourth-order valence-electron chi connectivity index (χ4n) is 1.51. The van der Waals surface area contributed by atoms with Crippen LogP contribution in [0.2, 0.25) is 5.02 Å². The minimum atomic E-state index is 0.260. The van der Waals surface area contributed by atoms with Crippen molar-refractivity contribution in [3.05, 3.63) is 41.2 Å². The fourth-order valence-corrected chi connectivity index (χ4v) is 1.64. The molecule has 1 heterocycles. The summed E-state index contributed by atoms with van der Waals surface area (Å²) in [6, 6.07) is 7.90. The number of nitrogens with zero attached hydrogens (tertiary/aromatic N) is 1. The Balaban J connectivity index is 2.21. The number of hydrazine groups is 1. The van der Waals surface area contributed by atoms with Crippen LogP contribution in [0.4, 0.5) is 5.69 Å². The molecule has 3 nitrogen and oxygen atoms in total. The predicted octanol–water partition coefficient (Wildman–Crippen LogP) is 1.85. The zero-order valence-electron chi connectivity index (χ0n) is 7.87. The SMILES string of the molecule is CC1C=C(N)NN1c1ccc(Cl)cc1. The van der Waals surface area contributed by atoms with E-state index in [4.69, 9.17) is 17.3 Å². The topological polar surface area (TPSA) is 41.3 Å². The molecule has 0 saturated carbocycles. The Kier molecular flexibility index (Phi) is 2.25.